The van der Waals surface area contributed by atoms with E-state index in [2.05, 4.69) is 22.2 Å². The molecule has 0 radical (unpaired) electrons. The number of halogens is 1. The molecule has 1 N–H and O–H groups in total. The van der Waals surface area contributed by atoms with Crippen LogP contribution in [0.4, 0.5) is 10.1 Å². The summed E-state index contributed by atoms with van der Waals surface area (Å²) >= 11 is 0. The van der Waals surface area contributed by atoms with Gasteiger partial charge in [0, 0.05) is 45.0 Å². The van der Waals surface area contributed by atoms with Gasteiger partial charge in [0.25, 0.3) is 0 Å². The Bertz CT molecular complexity index is 331. The molecule has 1 heterocycles. The molecule has 3 nitrogen and oxygen atoms in total. The number of nitrogens with zero attached hydrogens (tertiary/aromatic N) is 2. The zero-order valence-electron chi connectivity index (χ0n) is 10.3. The van der Waals surface area contributed by atoms with Crippen LogP contribution in [0.15, 0.2) is 24.3 Å². The van der Waals surface area contributed by atoms with Gasteiger partial charge in [-0.1, -0.05) is 0 Å². The Hall–Kier alpha value is -1.13. The van der Waals surface area contributed by atoms with Crippen LogP contribution in [-0.2, 0) is 0 Å². The molecule has 1 aliphatic rings. The molecule has 17 heavy (non-hydrogen) atoms. The van der Waals surface area contributed by atoms with Gasteiger partial charge < -0.3 is 10.2 Å². The predicted octanol–water partition coefficient (Wildman–Crippen LogP) is 1.48. The van der Waals surface area contributed by atoms with E-state index in [0.29, 0.717) is 0 Å². The van der Waals surface area contributed by atoms with Crippen LogP contribution in [0.25, 0.3) is 0 Å². The molecule has 0 amide bonds. The Labute approximate surface area is 102 Å². The summed E-state index contributed by atoms with van der Waals surface area (Å²) in [6.45, 7) is 6.54. The molecular weight excluding hydrogens is 217 g/mol. The summed E-state index contributed by atoms with van der Waals surface area (Å²) in [5.41, 5.74) is 0.987. The fraction of sp³-hybridized carbons (Fsp3) is 0.538. The van der Waals surface area contributed by atoms with E-state index in [1.165, 1.54) is 12.1 Å². The summed E-state index contributed by atoms with van der Waals surface area (Å²) in [5.74, 6) is -0.186. The van der Waals surface area contributed by atoms with Crippen molar-refractivity contribution in [3.05, 3.63) is 30.1 Å². The first-order valence-corrected chi connectivity index (χ1v) is 6.14. The van der Waals surface area contributed by atoms with E-state index >= 15 is 0 Å². The zero-order chi connectivity index (χ0) is 12.1. The van der Waals surface area contributed by atoms with Crippen LogP contribution in [0, 0.1) is 5.82 Å². The van der Waals surface area contributed by atoms with E-state index in [9.17, 15) is 4.39 Å². The molecular formula is C13H20FN3. The molecule has 1 aromatic rings. The lowest BCUT2D eigenvalue weighted by molar-refractivity contribution is 0.158. The highest BCUT2D eigenvalue weighted by molar-refractivity contribution is 5.42. The van der Waals surface area contributed by atoms with E-state index in [0.717, 1.165) is 45.0 Å². The maximum Gasteiger partial charge on any atom is 0.123 e. The van der Waals surface area contributed by atoms with Crippen molar-refractivity contribution in [1.29, 1.82) is 0 Å². The summed E-state index contributed by atoms with van der Waals surface area (Å²) in [6.07, 6.45) is 0. The van der Waals surface area contributed by atoms with Gasteiger partial charge in [0.15, 0.2) is 0 Å². The largest absolute Gasteiger partial charge is 0.384 e. The molecule has 4 heteroatoms. The third-order valence-electron chi connectivity index (χ3n) is 3.20. The topological polar surface area (TPSA) is 18.5 Å². The van der Waals surface area contributed by atoms with Crippen molar-refractivity contribution in [3.8, 4) is 0 Å². The molecule has 0 spiro atoms. The van der Waals surface area contributed by atoms with E-state index < -0.39 is 0 Å². The molecule has 0 unspecified atom stereocenters. The van der Waals surface area contributed by atoms with Crippen molar-refractivity contribution < 1.29 is 4.39 Å². The van der Waals surface area contributed by atoms with Crippen molar-refractivity contribution >= 4 is 5.69 Å². The molecule has 0 aromatic heterocycles. The number of likely N-dealkylation sites (N-methyl/N-ethyl adjacent to an activating group) is 1. The fourth-order valence-electron chi connectivity index (χ4n) is 2.00. The van der Waals surface area contributed by atoms with Crippen LogP contribution in [0.5, 0.6) is 0 Å². The van der Waals surface area contributed by atoms with Crippen LogP contribution in [-0.4, -0.2) is 56.1 Å². The van der Waals surface area contributed by atoms with Crippen molar-refractivity contribution in [2.45, 2.75) is 0 Å². The SMILES string of the molecule is CN1CCN(CCNc2ccc(F)cc2)CC1. The average molecular weight is 237 g/mol. The summed E-state index contributed by atoms with van der Waals surface area (Å²) in [4.78, 5) is 4.81. The second-order valence-corrected chi connectivity index (χ2v) is 4.58. The number of anilines is 1. The van der Waals surface area contributed by atoms with Crippen molar-refractivity contribution in [2.24, 2.45) is 0 Å². The third-order valence-corrected chi connectivity index (χ3v) is 3.20. The van der Waals surface area contributed by atoms with Crippen LogP contribution in [0.3, 0.4) is 0 Å². The van der Waals surface area contributed by atoms with Crippen molar-refractivity contribution in [1.82, 2.24) is 9.80 Å². The third kappa shape index (κ3) is 3.98. The minimum absolute atomic E-state index is 0.186. The Morgan fingerprint density at radius 1 is 1.12 bits per heavy atom. The molecule has 0 bridgehead atoms. The molecule has 1 aliphatic heterocycles. The second-order valence-electron chi connectivity index (χ2n) is 4.58. The summed E-state index contributed by atoms with van der Waals surface area (Å²) in [5, 5.41) is 3.31. The van der Waals surface area contributed by atoms with Crippen LogP contribution in [0.1, 0.15) is 0 Å². The molecule has 0 atom stereocenters. The van der Waals surface area contributed by atoms with Gasteiger partial charge in [-0.3, -0.25) is 4.90 Å². The summed E-state index contributed by atoms with van der Waals surface area (Å²) in [6, 6.07) is 6.52. The number of nitrogens with one attached hydrogen (secondary N) is 1. The Morgan fingerprint density at radius 3 is 2.41 bits per heavy atom. The number of hydrogen-bond acceptors (Lipinski definition) is 3. The summed E-state index contributed by atoms with van der Waals surface area (Å²) in [7, 11) is 2.16. The molecule has 2 rings (SSSR count). The van der Waals surface area contributed by atoms with Crippen LogP contribution < -0.4 is 5.32 Å². The van der Waals surface area contributed by atoms with E-state index in [1.807, 2.05) is 0 Å². The lowest BCUT2D eigenvalue weighted by atomic mass is 10.3. The molecule has 1 saturated heterocycles. The average Bonchev–Trinajstić information content (AvgIpc) is 2.34. The van der Waals surface area contributed by atoms with Crippen LogP contribution >= 0.6 is 0 Å². The quantitative estimate of drug-likeness (QED) is 0.856. The van der Waals surface area contributed by atoms with Gasteiger partial charge in [-0.2, -0.15) is 0 Å². The van der Waals surface area contributed by atoms with E-state index in [1.54, 1.807) is 12.1 Å². The Balaban J connectivity index is 1.67. The van der Waals surface area contributed by atoms with Gasteiger partial charge in [-0.15, -0.1) is 0 Å². The first-order valence-electron chi connectivity index (χ1n) is 6.14. The minimum Gasteiger partial charge on any atom is -0.384 e. The molecule has 1 aromatic carbocycles. The second kappa shape index (κ2) is 5.98. The molecule has 0 aliphatic carbocycles. The van der Waals surface area contributed by atoms with Gasteiger partial charge in [-0.25, -0.2) is 4.39 Å². The minimum atomic E-state index is -0.186. The Morgan fingerprint density at radius 2 is 1.76 bits per heavy atom. The maximum atomic E-state index is 12.7. The lowest BCUT2D eigenvalue weighted by Crippen LogP contribution is -2.45. The van der Waals surface area contributed by atoms with Gasteiger partial charge in [0.2, 0.25) is 0 Å². The van der Waals surface area contributed by atoms with E-state index in [-0.39, 0.29) is 5.82 Å². The highest BCUT2D eigenvalue weighted by Gasteiger charge is 2.12. The first kappa shape index (κ1) is 12.3. The van der Waals surface area contributed by atoms with Crippen LogP contribution in [0.2, 0.25) is 0 Å². The first-order chi connectivity index (χ1) is 8.24. The normalized spacial score (nSPS) is 18.2. The standard InChI is InChI=1S/C13H20FN3/c1-16-8-10-17(11-9-16)7-6-15-13-4-2-12(14)3-5-13/h2-5,15H,6-11H2,1H3. The smallest absolute Gasteiger partial charge is 0.123 e. The van der Waals surface area contributed by atoms with Gasteiger partial charge in [-0.05, 0) is 31.3 Å². The monoisotopic (exact) mass is 237 g/mol. The highest BCUT2D eigenvalue weighted by Crippen LogP contribution is 2.07. The Kier molecular flexibility index (Phi) is 4.34. The van der Waals surface area contributed by atoms with Gasteiger partial charge in [0.1, 0.15) is 5.82 Å². The summed E-state index contributed by atoms with van der Waals surface area (Å²) < 4.78 is 12.7. The van der Waals surface area contributed by atoms with Crippen molar-refractivity contribution in [3.63, 3.8) is 0 Å². The zero-order valence-corrected chi connectivity index (χ0v) is 10.3. The molecule has 0 saturated carbocycles. The molecule has 1 fully saturated rings. The number of rotatable bonds is 4. The number of hydrogen-bond donors (Lipinski definition) is 1. The van der Waals surface area contributed by atoms with Crippen molar-refractivity contribution in [2.75, 3.05) is 51.6 Å². The number of piperazine rings is 1. The van der Waals surface area contributed by atoms with Gasteiger partial charge >= 0.3 is 0 Å². The lowest BCUT2D eigenvalue weighted by Gasteiger charge is -2.32. The van der Waals surface area contributed by atoms with E-state index in [4.69, 9.17) is 0 Å². The predicted molar refractivity (Wildman–Crippen MR) is 68.8 cm³/mol. The molecule has 94 valence electrons. The van der Waals surface area contributed by atoms with Gasteiger partial charge in [0.05, 0.1) is 0 Å². The fourth-order valence-corrected chi connectivity index (χ4v) is 2.00. The number of benzene rings is 1. The highest BCUT2D eigenvalue weighted by atomic mass is 19.1. The maximum absolute atomic E-state index is 12.7.